The minimum Gasteiger partial charge on any atom is -0.441 e. The van der Waals surface area contributed by atoms with Gasteiger partial charge in [-0.1, -0.05) is 13.8 Å². The lowest BCUT2D eigenvalue weighted by atomic mass is 10.1. The molecule has 0 bridgehead atoms. The maximum atomic E-state index is 11.8. The Hall–Kier alpha value is -2.89. The van der Waals surface area contributed by atoms with Gasteiger partial charge in [-0.05, 0) is 51.1 Å². The van der Waals surface area contributed by atoms with Gasteiger partial charge in [0.1, 0.15) is 11.5 Å². The van der Waals surface area contributed by atoms with Crippen LogP contribution in [0.25, 0.3) is 11.5 Å². The van der Waals surface area contributed by atoms with Crippen LogP contribution < -0.4 is 5.32 Å². The molecule has 26 heavy (non-hydrogen) atoms. The van der Waals surface area contributed by atoms with Crippen molar-refractivity contribution in [3.63, 3.8) is 0 Å². The molecule has 3 aromatic rings. The van der Waals surface area contributed by atoms with Crippen molar-refractivity contribution in [2.45, 2.75) is 41.2 Å². The van der Waals surface area contributed by atoms with Crippen molar-refractivity contribution in [3.05, 3.63) is 53.2 Å². The number of benzene rings is 1. The molecule has 1 aromatic carbocycles. The number of oxazole rings is 1. The molecule has 0 aliphatic carbocycles. The van der Waals surface area contributed by atoms with Gasteiger partial charge in [0.25, 0.3) is 0 Å². The monoisotopic (exact) mass is 352 g/mol. The Labute approximate surface area is 153 Å². The zero-order chi connectivity index (χ0) is 18.8. The molecule has 1 amide bonds. The fourth-order valence-corrected chi connectivity index (χ4v) is 2.66. The van der Waals surface area contributed by atoms with Crippen molar-refractivity contribution in [3.8, 4) is 11.5 Å². The van der Waals surface area contributed by atoms with E-state index in [0.717, 1.165) is 34.1 Å². The molecule has 2 aromatic heterocycles. The van der Waals surface area contributed by atoms with Gasteiger partial charge in [0.15, 0.2) is 0 Å². The van der Waals surface area contributed by atoms with Crippen LogP contribution in [-0.4, -0.2) is 20.7 Å². The quantitative estimate of drug-likeness (QED) is 0.750. The highest BCUT2D eigenvalue weighted by Gasteiger charge is 2.14. The number of carbonyl (C=O) groups excluding carboxylic acids is 1. The van der Waals surface area contributed by atoms with E-state index in [1.54, 1.807) is 0 Å². The zero-order valence-electron chi connectivity index (χ0n) is 15.8. The van der Waals surface area contributed by atoms with E-state index in [-0.39, 0.29) is 11.8 Å². The summed E-state index contributed by atoms with van der Waals surface area (Å²) in [6.07, 6.45) is 0. The van der Waals surface area contributed by atoms with Crippen LogP contribution >= 0.6 is 0 Å². The van der Waals surface area contributed by atoms with Crippen molar-refractivity contribution in [2.75, 3.05) is 5.32 Å². The van der Waals surface area contributed by atoms with Gasteiger partial charge in [-0.25, -0.2) is 4.98 Å². The van der Waals surface area contributed by atoms with E-state index in [9.17, 15) is 4.79 Å². The Morgan fingerprint density at radius 3 is 2.46 bits per heavy atom. The van der Waals surface area contributed by atoms with E-state index in [0.29, 0.717) is 12.4 Å². The molecule has 0 aliphatic heterocycles. The molecule has 0 saturated heterocycles. The van der Waals surface area contributed by atoms with E-state index in [1.807, 2.05) is 69.6 Å². The third-order valence-corrected chi connectivity index (χ3v) is 4.22. The van der Waals surface area contributed by atoms with Crippen molar-refractivity contribution < 1.29 is 9.21 Å². The van der Waals surface area contributed by atoms with Crippen molar-refractivity contribution in [1.82, 2.24) is 14.8 Å². The first-order valence-corrected chi connectivity index (χ1v) is 8.72. The Kier molecular flexibility index (Phi) is 4.93. The zero-order valence-corrected chi connectivity index (χ0v) is 15.8. The molecule has 0 atom stereocenters. The van der Waals surface area contributed by atoms with E-state index >= 15 is 0 Å². The highest BCUT2D eigenvalue weighted by atomic mass is 16.4. The van der Waals surface area contributed by atoms with Crippen LogP contribution in [0, 0.1) is 26.7 Å². The Bertz CT molecular complexity index is 920. The van der Waals surface area contributed by atoms with Gasteiger partial charge < -0.3 is 9.73 Å². The molecule has 0 aliphatic rings. The van der Waals surface area contributed by atoms with Crippen LogP contribution in [0.2, 0.25) is 0 Å². The van der Waals surface area contributed by atoms with Crippen molar-refractivity contribution >= 4 is 11.6 Å². The normalized spacial score (nSPS) is 11.2. The topological polar surface area (TPSA) is 73.0 Å². The molecule has 0 radical (unpaired) electrons. The van der Waals surface area contributed by atoms with E-state index in [2.05, 4.69) is 15.4 Å². The molecular weight excluding hydrogens is 328 g/mol. The molecule has 0 fully saturated rings. The van der Waals surface area contributed by atoms with Gasteiger partial charge in [0, 0.05) is 22.9 Å². The minimum atomic E-state index is -0.0546. The summed E-state index contributed by atoms with van der Waals surface area (Å²) >= 11 is 0. The van der Waals surface area contributed by atoms with Crippen LogP contribution in [0.5, 0.6) is 0 Å². The molecule has 0 saturated carbocycles. The summed E-state index contributed by atoms with van der Waals surface area (Å²) in [6.45, 7) is 10.2. The summed E-state index contributed by atoms with van der Waals surface area (Å²) in [5, 5.41) is 7.35. The predicted molar refractivity (Wildman–Crippen MR) is 101 cm³/mol. The largest absolute Gasteiger partial charge is 0.441 e. The van der Waals surface area contributed by atoms with E-state index in [4.69, 9.17) is 4.42 Å². The summed E-state index contributed by atoms with van der Waals surface area (Å²) < 4.78 is 7.76. The molecule has 6 nitrogen and oxygen atoms in total. The number of amides is 1. The van der Waals surface area contributed by atoms with Crippen LogP contribution in [0.3, 0.4) is 0 Å². The molecule has 2 heterocycles. The van der Waals surface area contributed by atoms with Crippen molar-refractivity contribution in [1.29, 1.82) is 0 Å². The Balaban J connectivity index is 1.78. The molecule has 1 N–H and O–H groups in total. The average Bonchev–Trinajstić information content (AvgIpc) is 3.10. The summed E-state index contributed by atoms with van der Waals surface area (Å²) in [7, 11) is 0. The van der Waals surface area contributed by atoms with Gasteiger partial charge in [-0.3, -0.25) is 9.48 Å². The van der Waals surface area contributed by atoms with Gasteiger partial charge in [-0.2, -0.15) is 5.10 Å². The predicted octanol–water partition coefficient (Wildman–Crippen LogP) is 4.11. The van der Waals surface area contributed by atoms with Gasteiger partial charge in [0.05, 0.1) is 12.2 Å². The Morgan fingerprint density at radius 2 is 1.88 bits per heavy atom. The second-order valence-corrected chi connectivity index (χ2v) is 6.83. The standard InChI is InChI=1S/C20H24N4O2/c1-12(2)19(25)21-17-8-6-16(7-9-17)20-22-18(15(5)26-20)11-24-14(4)10-13(3)23-24/h6-10,12H,11H2,1-5H3,(H,21,25). The number of rotatable bonds is 5. The number of aromatic nitrogens is 3. The number of aryl methyl sites for hydroxylation is 3. The van der Waals surface area contributed by atoms with Gasteiger partial charge >= 0.3 is 0 Å². The van der Waals surface area contributed by atoms with Gasteiger partial charge in [0.2, 0.25) is 11.8 Å². The molecule has 0 unspecified atom stereocenters. The average molecular weight is 352 g/mol. The van der Waals surface area contributed by atoms with E-state index < -0.39 is 0 Å². The number of nitrogens with zero attached hydrogens (tertiary/aromatic N) is 3. The first-order chi connectivity index (χ1) is 12.3. The SMILES string of the molecule is Cc1cc(C)n(Cc2nc(-c3ccc(NC(=O)C(C)C)cc3)oc2C)n1. The molecular formula is C20H24N4O2. The lowest BCUT2D eigenvalue weighted by Gasteiger charge is -2.07. The Morgan fingerprint density at radius 1 is 1.19 bits per heavy atom. The van der Waals surface area contributed by atoms with Crippen LogP contribution in [0.1, 0.15) is 36.7 Å². The first kappa shape index (κ1) is 17.9. The summed E-state index contributed by atoms with van der Waals surface area (Å²) in [4.78, 5) is 16.4. The molecule has 136 valence electrons. The minimum absolute atomic E-state index is 0.00288. The third-order valence-electron chi connectivity index (χ3n) is 4.22. The highest BCUT2D eigenvalue weighted by molar-refractivity contribution is 5.92. The lowest BCUT2D eigenvalue weighted by molar-refractivity contribution is -0.118. The first-order valence-electron chi connectivity index (χ1n) is 8.72. The third kappa shape index (κ3) is 3.85. The molecule has 3 rings (SSSR count). The number of nitrogens with one attached hydrogen (secondary N) is 1. The summed E-state index contributed by atoms with van der Waals surface area (Å²) in [6, 6.07) is 9.55. The van der Waals surface area contributed by atoms with Crippen LogP contribution in [0.15, 0.2) is 34.7 Å². The maximum Gasteiger partial charge on any atom is 0.226 e. The second kappa shape index (κ2) is 7.15. The summed E-state index contributed by atoms with van der Waals surface area (Å²) in [5.74, 6) is 1.29. The van der Waals surface area contributed by atoms with Gasteiger partial charge in [-0.15, -0.1) is 0 Å². The van der Waals surface area contributed by atoms with Crippen LogP contribution in [0.4, 0.5) is 5.69 Å². The highest BCUT2D eigenvalue weighted by Crippen LogP contribution is 2.24. The van der Waals surface area contributed by atoms with E-state index in [1.165, 1.54) is 0 Å². The van der Waals surface area contributed by atoms with Crippen molar-refractivity contribution in [2.24, 2.45) is 5.92 Å². The maximum absolute atomic E-state index is 11.8. The fourth-order valence-electron chi connectivity index (χ4n) is 2.66. The molecule has 0 spiro atoms. The molecule has 6 heteroatoms. The lowest BCUT2D eigenvalue weighted by Crippen LogP contribution is -2.17. The number of hydrogen-bond donors (Lipinski definition) is 1. The fraction of sp³-hybridized carbons (Fsp3) is 0.350. The van der Waals surface area contributed by atoms with Crippen LogP contribution in [-0.2, 0) is 11.3 Å². The number of carbonyl (C=O) groups is 1. The number of anilines is 1. The number of hydrogen-bond acceptors (Lipinski definition) is 4. The summed E-state index contributed by atoms with van der Waals surface area (Å²) in [5.41, 5.74) is 4.58. The second-order valence-electron chi connectivity index (χ2n) is 6.83. The smallest absolute Gasteiger partial charge is 0.226 e.